The number of aromatic nitrogens is 1. The van der Waals surface area contributed by atoms with E-state index >= 15 is 0 Å². The van der Waals surface area contributed by atoms with Gasteiger partial charge in [-0.05, 0) is 37.4 Å². The van der Waals surface area contributed by atoms with E-state index in [0.29, 0.717) is 19.0 Å². The fraction of sp³-hybridized carbons (Fsp3) is 0.412. The molecule has 8 nitrogen and oxygen atoms in total. The first-order chi connectivity index (χ1) is 12.8. The fourth-order valence-corrected chi connectivity index (χ4v) is 3.97. The lowest BCUT2D eigenvalue weighted by Gasteiger charge is -2.20. The minimum Gasteiger partial charge on any atom is -0.383 e. The van der Waals surface area contributed by atoms with Gasteiger partial charge in [-0.1, -0.05) is 6.07 Å². The Kier molecular flexibility index (Phi) is 7.72. The number of rotatable bonds is 9. The molecule has 0 fully saturated rings. The third kappa shape index (κ3) is 6.58. The highest BCUT2D eigenvalue weighted by Gasteiger charge is 2.24. The first-order valence-corrected chi connectivity index (χ1v) is 10.9. The van der Waals surface area contributed by atoms with Gasteiger partial charge in [0, 0.05) is 36.9 Å². The number of hydrogen-bond acceptors (Lipinski definition) is 6. The van der Waals surface area contributed by atoms with Gasteiger partial charge in [0.1, 0.15) is 10.5 Å². The maximum absolute atomic E-state index is 12.1. The standard InChI is InChI=1S/C17H25N5O3S2/c1-3-19-16(21-13-17(2,23)15-7-5-11-26-15)20-9-10-22-27(24,25)14-6-4-8-18-12-14/h4-8,11-12,22-23H,3,9-10,13H2,1-2H3,(H2,19,20,21). The van der Waals surface area contributed by atoms with Crippen molar-refractivity contribution in [2.24, 2.45) is 4.99 Å². The van der Waals surface area contributed by atoms with Crippen LogP contribution < -0.4 is 15.4 Å². The van der Waals surface area contributed by atoms with E-state index in [0.717, 1.165) is 4.88 Å². The molecule has 1 unspecified atom stereocenters. The summed E-state index contributed by atoms with van der Waals surface area (Å²) in [4.78, 5) is 9.17. The Morgan fingerprint density at radius 1 is 1.30 bits per heavy atom. The monoisotopic (exact) mass is 411 g/mol. The van der Waals surface area contributed by atoms with E-state index in [9.17, 15) is 13.5 Å². The quantitative estimate of drug-likeness (QED) is 0.277. The molecule has 27 heavy (non-hydrogen) atoms. The Hall–Kier alpha value is -2.01. The van der Waals surface area contributed by atoms with Crippen molar-refractivity contribution in [3.63, 3.8) is 0 Å². The van der Waals surface area contributed by atoms with Crippen molar-refractivity contribution in [3.8, 4) is 0 Å². The van der Waals surface area contributed by atoms with E-state index < -0.39 is 15.6 Å². The van der Waals surface area contributed by atoms with Crippen LogP contribution in [0.1, 0.15) is 18.7 Å². The molecule has 0 aromatic carbocycles. The molecule has 0 radical (unpaired) electrons. The van der Waals surface area contributed by atoms with Crippen molar-refractivity contribution in [3.05, 3.63) is 46.9 Å². The van der Waals surface area contributed by atoms with E-state index in [4.69, 9.17) is 0 Å². The van der Waals surface area contributed by atoms with Gasteiger partial charge in [-0.3, -0.25) is 4.98 Å². The van der Waals surface area contributed by atoms with Gasteiger partial charge in [-0.15, -0.1) is 11.3 Å². The number of thiophene rings is 1. The van der Waals surface area contributed by atoms with Crippen LogP contribution in [0.25, 0.3) is 0 Å². The van der Waals surface area contributed by atoms with E-state index in [-0.39, 0.29) is 18.0 Å². The van der Waals surface area contributed by atoms with Crippen molar-refractivity contribution in [1.29, 1.82) is 0 Å². The number of guanidine groups is 1. The predicted octanol–water partition coefficient (Wildman–Crippen LogP) is 0.884. The second-order valence-corrected chi connectivity index (χ2v) is 8.67. The molecule has 0 saturated carbocycles. The first kappa shape index (κ1) is 21.3. The summed E-state index contributed by atoms with van der Waals surface area (Å²) in [5.74, 6) is 0.509. The summed E-state index contributed by atoms with van der Waals surface area (Å²) in [7, 11) is -3.59. The van der Waals surface area contributed by atoms with Gasteiger partial charge >= 0.3 is 0 Å². The van der Waals surface area contributed by atoms with Crippen LogP contribution in [-0.4, -0.2) is 50.6 Å². The molecule has 2 aromatic rings. The second-order valence-electron chi connectivity index (χ2n) is 5.96. The number of pyridine rings is 1. The highest BCUT2D eigenvalue weighted by Crippen LogP contribution is 2.25. The van der Waals surface area contributed by atoms with E-state index in [1.807, 2.05) is 24.4 Å². The van der Waals surface area contributed by atoms with Gasteiger partial charge < -0.3 is 15.7 Å². The largest absolute Gasteiger partial charge is 0.383 e. The Labute approximate surface area is 163 Å². The van der Waals surface area contributed by atoms with E-state index in [2.05, 4.69) is 25.3 Å². The van der Waals surface area contributed by atoms with Crippen LogP contribution in [-0.2, 0) is 15.6 Å². The lowest BCUT2D eigenvalue weighted by Crippen LogP contribution is -2.42. The first-order valence-electron chi connectivity index (χ1n) is 8.53. The summed E-state index contributed by atoms with van der Waals surface area (Å²) in [5.41, 5.74) is -1.06. The average Bonchev–Trinajstić information content (AvgIpc) is 3.20. The average molecular weight is 412 g/mol. The topological polar surface area (TPSA) is 116 Å². The zero-order valence-corrected chi connectivity index (χ0v) is 17.0. The van der Waals surface area contributed by atoms with Gasteiger partial charge in [0.2, 0.25) is 10.0 Å². The minimum absolute atomic E-state index is 0.123. The minimum atomic E-state index is -3.59. The van der Waals surface area contributed by atoms with Gasteiger partial charge in [0.05, 0.1) is 6.54 Å². The molecule has 4 N–H and O–H groups in total. The number of hydrogen-bond donors (Lipinski definition) is 4. The van der Waals surface area contributed by atoms with Crippen molar-refractivity contribution in [2.45, 2.75) is 24.3 Å². The molecular formula is C17H25N5O3S2. The Bertz CT molecular complexity index is 822. The fourth-order valence-electron chi connectivity index (χ4n) is 2.19. The van der Waals surface area contributed by atoms with Crippen molar-refractivity contribution >= 4 is 27.3 Å². The summed E-state index contributed by atoms with van der Waals surface area (Å²) < 4.78 is 26.8. The molecule has 0 saturated heterocycles. The van der Waals surface area contributed by atoms with Crippen LogP contribution in [0, 0.1) is 0 Å². The van der Waals surface area contributed by atoms with Crippen LogP contribution in [0.2, 0.25) is 0 Å². The molecule has 10 heteroatoms. The van der Waals surface area contributed by atoms with E-state index in [1.165, 1.54) is 29.8 Å². The second kappa shape index (κ2) is 9.79. The number of nitrogens with one attached hydrogen (secondary N) is 3. The third-order valence-corrected chi connectivity index (χ3v) is 6.16. The third-order valence-electron chi connectivity index (χ3n) is 3.60. The number of aliphatic imine (C=N–C) groups is 1. The number of sulfonamides is 1. The molecule has 2 heterocycles. The molecule has 0 amide bonds. The zero-order valence-electron chi connectivity index (χ0n) is 15.3. The molecule has 2 rings (SSSR count). The van der Waals surface area contributed by atoms with Crippen LogP contribution in [0.5, 0.6) is 0 Å². The number of nitrogens with zero attached hydrogens (tertiary/aromatic N) is 2. The highest BCUT2D eigenvalue weighted by atomic mass is 32.2. The molecule has 0 spiro atoms. The molecule has 148 valence electrons. The predicted molar refractivity (Wildman–Crippen MR) is 107 cm³/mol. The van der Waals surface area contributed by atoms with Crippen molar-refractivity contribution in [1.82, 2.24) is 20.3 Å². The molecule has 0 aliphatic carbocycles. The SMILES string of the molecule is CCNC(=NCC(C)(O)c1cccs1)NCCNS(=O)(=O)c1cccnc1. The molecule has 1 atom stereocenters. The van der Waals surface area contributed by atoms with Gasteiger partial charge in [0.15, 0.2) is 5.96 Å². The summed E-state index contributed by atoms with van der Waals surface area (Å²) in [6, 6.07) is 6.81. The molecule has 0 bridgehead atoms. The van der Waals surface area contributed by atoms with Crippen LogP contribution in [0.15, 0.2) is 51.9 Å². The van der Waals surface area contributed by atoms with Crippen LogP contribution in [0.3, 0.4) is 0 Å². The maximum atomic E-state index is 12.1. The Balaban J connectivity index is 1.87. The molecular weight excluding hydrogens is 386 g/mol. The zero-order chi connectivity index (χ0) is 19.8. The molecule has 0 aliphatic heterocycles. The normalized spacial score (nSPS) is 14.6. The summed E-state index contributed by atoms with van der Waals surface area (Å²) in [6.45, 7) is 5.00. The van der Waals surface area contributed by atoms with Gasteiger partial charge in [0.25, 0.3) is 0 Å². The summed E-state index contributed by atoms with van der Waals surface area (Å²) in [5, 5.41) is 18.6. The highest BCUT2D eigenvalue weighted by molar-refractivity contribution is 7.89. The molecule has 0 aliphatic rings. The smallest absolute Gasteiger partial charge is 0.242 e. The lowest BCUT2D eigenvalue weighted by molar-refractivity contribution is 0.0711. The molecule has 2 aromatic heterocycles. The maximum Gasteiger partial charge on any atom is 0.242 e. The van der Waals surface area contributed by atoms with Gasteiger partial charge in [-0.25, -0.2) is 18.1 Å². The van der Waals surface area contributed by atoms with Crippen LogP contribution in [0.4, 0.5) is 0 Å². The van der Waals surface area contributed by atoms with Gasteiger partial charge in [-0.2, -0.15) is 0 Å². The summed E-state index contributed by atoms with van der Waals surface area (Å²) >= 11 is 1.48. The van der Waals surface area contributed by atoms with Crippen molar-refractivity contribution < 1.29 is 13.5 Å². The number of aliphatic hydroxyl groups is 1. The summed E-state index contributed by atoms with van der Waals surface area (Å²) in [6.07, 6.45) is 2.82. The lowest BCUT2D eigenvalue weighted by atomic mass is 10.1. The van der Waals surface area contributed by atoms with Crippen LogP contribution >= 0.6 is 11.3 Å². The Morgan fingerprint density at radius 2 is 2.11 bits per heavy atom. The Morgan fingerprint density at radius 3 is 2.74 bits per heavy atom. The van der Waals surface area contributed by atoms with Crippen molar-refractivity contribution in [2.75, 3.05) is 26.2 Å². The van der Waals surface area contributed by atoms with E-state index in [1.54, 1.807) is 13.0 Å².